The van der Waals surface area contributed by atoms with Crippen LogP contribution in [0.3, 0.4) is 0 Å². The first kappa shape index (κ1) is 13.6. The minimum Gasteiger partial charge on any atom is -0.507 e. The minimum absolute atomic E-state index is 0.217. The number of aromatic hydroxyl groups is 1. The van der Waals surface area contributed by atoms with Gasteiger partial charge in [-0.25, -0.2) is 0 Å². The average Bonchev–Trinajstić information content (AvgIpc) is 2.28. The summed E-state index contributed by atoms with van der Waals surface area (Å²) in [5.74, 6) is 0.217. The highest BCUT2D eigenvalue weighted by Crippen LogP contribution is 2.41. The first-order chi connectivity index (χ1) is 8.00. The summed E-state index contributed by atoms with van der Waals surface area (Å²) >= 11 is 13.8. The Morgan fingerprint density at radius 2 is 1.41 bits per heavy atom. The Labute approximate surface area is 133 Å². The van der Waals surface area contributed by atoms with Crippen LogP contribution in [-0.2, 0) is 0 Å². The summed E-state index contributed by atoms with van der Waals surface area (Å²) in [5.41, 5.74) is 2.06. The van der Waals surface area contributed by atoms with Gasteiger partial charge in [0.1, 0.15) is 5.75 Å². The fourth-order valence-electron chi connectivity index (χ4n) is 1.46. The standard InChI is InChI=1S/C12H6Br4O/c13-6-1-2-7(9(14)5-6)8-3-4-10(17)12(16)11(8)15/h1-5,17H. The number of phenols is 1. The van der Waals surface area contributed by atoms with E-state index in [-0.39, 0.29) is 5.75 Å². The third-order valence-corrected chi connectivity index (χ3v) is 5.59. The van der Waals surface area contributed by atoms with Gasteiger partial charge in [0.25, 0.3) is 0 Å². The van der Waals surface area contributed by atoms with Crippen molar-refractivity contribution in [2.75, 3.05) is 0 Å². The van der Waals surface area contributed by atoms with Gasteiger partial charge in [0.2, 0.25) is 0 Å². The molecule has 0 amide bonds. The van der Waals surface area contributed by atoms with E-state index < -0.39 is 0 Å². The predicted molar refractivity (Wildman–Crippen MR) is 84.3 cm³/mol. The molecule has 0 saturated carbocycles. The number of benzene rings is 2. The summed E-state index contributed by atoms with van der Waals surface area (Å²) in [7, 11) is 0. The second-order valence-corrected chi connectivity index (χ2v) is 6.74. The lowest BCUT2D eigenvalue weighted by atomic mass is 10.1. The summed E-state index contributed by atoms with van der Waals surface area (Å²) in [6, 6.07) is 9.52. The van der Waals surface area contributed by atoms with Crippen LogP contribution in [0.4, 0.5) is 0 Å². The van der Waals surface area contributed by atoms with E-state index in [2.05, 4.69) is 63.7 Å². The van der Waals surface area contributed by atoms with Crippen LogP contribution in [0.15, 0.2) is 48.2 Å². The maximum atomic E-state index is 9.59. The molecule has 0 aliphatic carbocycles. The lowest BCUT2D eigenvalue weighted by Gasteiger charge is -2.10. The normalized spacial score (nSPS) is 10.6. The van der Waals surface area contributed by atoms with Crippen LogP contribution in [0.1, 0.15) is 0 Å². The molecular weight excluding hydrogens is 480 g/mol. The molecule has 17 heavy (non-hydrogen) atoms. The molecule has 0 saturated heterocycles. The smallest absolute Gasteiger partial charge is 0.130 e. The highest BCUT2D eigenvalue weighted by molar-refractivity contribution is 9.13. The lowest BCUT2D eigenvalue weighted by Crippen LogP contribution is -1.84. The highest BCUT2D eigenvalue weighted by atomic mass is 79.9. The Morgan fingerprint density at radius 1 is 0.765 bits per heavy atom. The molecule has 1 N–H and O–H groups in total. The minimum atomic E-state index is 0.217. The monoisotopic (exact) mass is 482 g/mol. The Hall–Kier alpha value is 0.160. The van der Waals surface area contributed by atoms with Gasteiger partial charge in [0, 0.05) is 13.4 Å². The van der Waals surface area contributed by atoms with Crippen LogP contribution in [0.5, 0.6) is 5.75 Å². The molecule has 5 heteroatoms. The zero-order valence-corrected chi connectivity index (χ0v) is 14.7. The van der Waals surface area contributed by atoms with E-state index in [1.54, 1.807) is 6.07 Å². The van der Waals surface area contributed by atoms with Crippen molar-refractivity contribution >= 4 is 63.7 Å². The summed E-state index contributed by atoms with van der Waals surface area (Å²) in [5, 5.41) is 9.59. The van der Waals surface area contributed by atoms with Crippen LogP contribution < -0.4 is 0 Å². The van der Waals surface area contributed by atoms with Crippen LogP contribution in [0.25, 0.3) is 11.1 Å². The van der Waals surface area contributed by atoms with E-state index in [0.29, 0.717) is 4.47 Å². The van der Waals surface area contributed by atoms with Crippen molar-refractivity contribution in [3.8, 4) is 16.9 Å². The third-order valence-electron chi connectivity index (χ3n) is 2.28. The molecule has 88 valence electrons. The van der Waals surface area contributed by atoms with Gasteiger partial charge in [-0.2, -0.15) is 0 Å². The summed E-state index contributed by atoms with van der Waals surface area (Å²) < 4.78 is 3.50. The van der Waals surface area contributed by atoms with Crippen molar-refractivity contribution in [1.29, 1.82) is 0 Å². The van der Waals surface area contributed by atoms with Gasteiger partial charge < -0.3 is 5.11 Å². The molecule has 1 nitrogen and oxygen atoms in total. The number of rotatable bonds is 1. The number of hydrogen-bond donors (Lipinski definition) is 1. The predicted octanol–water partition coefficient (Wildman–Crippen LogP) is 6.11. The Balaban J connectivity index is 2.65. The fourth-order valence-corrected chi connectivity index (χ4v) is 3.61. The lowest BCUT2D eigenvalue weighted by molar-refractivity contribution is 0.471. The quantitative estimate of drug-likeness (QED) is 0.517. The second kappa shape index (κ2) is 5.43. The van der Waals surface area contributed by atoms with Crippen molar-refractivity contribution in [1.82, 2.24) is 0 Å². The average molecular weight is 486 g/mol. The maximum Gasteiger partial charge on any atom is 0.130 e. The molecule has 2 rings (SSSR count). The van der Waals surface area contributed by atoms with Crippen LogP contribution in [-0.4, -0.2) is 5.11 Å². The van der Waals surface area contributed by atoms with E-state index >= 15 is 0 Å². The van der Waals surface area contributed by atoms with Gasteiger partial charge in [0.05, 0.1) is 4.47 Å². The molecular formula is C12H6Br4O. The zero-order chi connectivity index (χ0) is 12.6. The summed E-state index contributed by atoms with van der Waals surface area (Å²) in [6.45, 7) is 0. The molecule has 2 aromatic carbocycles. The van der Waals surface area contributed by atoms with E-state index in [1.807, 2.05) is 24.3 Å². The first-order valence-corrected chi connectivity index (χ1v) is 7.80. The molecule has 0 aliphatic rings. The molecule has 0 unspecified atom stereocenters. The first-order valence-electron chi connectivity index (χ1n) is 4.63. The fraction of sp³-hybridized carbons (Fsp3) is 0. The molecule has 0 aromatic heterocycles. The molecule has 0 aliphatic heterocycles. The van der Waals surface area contributed by atoms with Gasteiger partial charge in [-0.1, -0.05) is 37.9 Å². The SMILES string of the molecule is Oc1ccc(-c2ccc(Br)cc2Br)c(Br)c1Br. The van der Waals surface area contributed by atoms with Crippen molar-refractivity contribution in [2.24, 2.45) is 0 Å². The van der Waals surface area contributed by atoms with Gasteiger partial charge in [0.15, 0.2) is 0 Å². The number of halogens is 4. The molecule has 2 aromatic rings. The number of phenolic OH excluding ortho intramolecular Hbond substituents is 1. The van der Waals surface area contributed by atoms with Gasteiger partial charge in [-0.3, -0.25) is 0 Å². The van der Waals surface area contributed by atoms with E-state index in [9.17, 15) is 5.11 Å². The largest absolute Gasteiger partial charge is 0.507 e. The van der Waals surface area contributed by atoms with Crippen LogP contribution >= 0.6 is 63.7 Å². The van der Waals surface area contributed by atoms with Crippen molar-refractivity contribution in [3.63, 3.8) is 0 Å². The van der Waals surface area contributed by atoms with E-state index in [4.69, 9.17) is 0 Å². The van der Waals surface area contributed by atoms with Crippen molar-refractivity contribution in [3.05, 3.63) is 48.2 Å². The summed E-state index contributed by atoms with van der Waals surface area (Å²) in [6.07, 6.45) is 0. The van der Waals surface area contributed by atoms with Crippen molar-refractivity contribution < 1.29 is 5.11 Å². The van der Waals surface area contributed by atoms with Crippen LogP contribution in [0, 0.1) is 0 Å². The van der Waals surface area contributed by atoms with Gasteiger partial charge in [-0.15, -0.1) is 0 Å². The Bertz CT molecular complexity index is 581. The van der Waals surface area contributed by atoms with E-state index in [0.717, 1.165) is 24.5 Å². The maximum absolute atomic E-state index is 9.59. The van der Waals surface area contributed by atoms with Crippen molar-refractivity contribution in [2.45, 2.75) is 0 Å². The molecule has 0 spiro atoms. The topological polar surface area (TPSA) is 20.2 Å². The second-order valence-electron chi connectivity index (χ2n) is 3.38. The van der Waals surface area contributed by atoms with Gasteiger partial charge in [-0.05, 0) is 67.3 Å². The Morgan fingerprint density at radius 3 is 2.06 bits per heavy atom. The highest BCUT2D eigenvalue weighted by Gasteiger charge is 2.12. The zero-order valence-electron chi connectivity index (χ0n) is 8.35. The molecule has 0 atom stereocenters. The van der Waals surface area contributed by atoms with E-state index in [1.165, 1.54) is 0 Å². The molecule has 0 heterocycles. The third kappa shape index (κ3) is 2.78. The molecule has 0 fully saturated rings. The number of hydrogen-bond acceptors (Lipinski definition) is 1. The summed E-state index contributed by atoms with van der Waals surface area (Å²) in [4.78, 5) is 0. The molecule has 0 radical (unpaired) electrons. The molecule has 0 bridgehead atoms. The van der Waals surface area contributed by atoms with Gasteiger partial charge >= 0.3 is 0 Å². The van der Waals surface area contributed by atoms with Crippen LogP contribution in [0.2, 0.25) is 0 Å². The Kier molecular flexibility index (Phi) is 4.34.